The number of thiophene rings is 1. The van der Waals surface area contributed by atoms with E-state index in [9.17, 15) is 0 Å². The number of hydrogen-bond donors (Lipinski definition) is 1. The summed E-state index contributed by atoms with van der Waals surface area (Å²) >= 11 is 7.38. The molecule has 0 atom stereocenters. The summed E-state index contributed by atoms with van der Waals surface area (Å²) in [4.78, 5) is 1.06. The summed E-state index contributed by atoms with van der Waals surface area (Å²) in [7, 11) is 0. The largest absolute Gasteiger partial charge is 0.488 e. The maximum Gasteiger partial charge on any atom is 0.231 e. The summed E-state index contributed by atoms with van der Waals surface area (Å²) in [5.74, 6) is 2.12. The van der Waals surface area contributed by atoms with Crippen molar-refractivity contribution in [1.82, 2.24) is 0 Å². The molecule has 1 aliphatic heterocycles. The van der Waals surface area contributed by atoms with Gasteiger partial charge in [-0.2, -0.15) is 0 Å². The van der Waals surface area contributed by atoms with E-state index in [1.807, 2.05) is 24.3 Å². The Morgan fingerprint density at radius 2 is 2.05 bits per heavy atom. The normalized spacial score (nSPS) is 12.7. The first kappa shape index (κ1) is 12.6. The molecule has 0 bridgehead atoms. The second-order valence-corrected chi connectivity index (χ2v) is 5.81. The number of fused-ring (bicyclic) bond motifs is 1. The summed E-state index contributed by atoms with van der Waals surface area (Å²) in [6, 6.07) is 7.48. The molecular weight excluding hydrogens is 286 g/mol. The third kappa shape index (κ3) is 2.63. The quantitative estimate of drug-likeness (QED) is 0.942. The van der Waals surface area contributed by atoms with Crippen molar-refractivity contribution < 1.29 is 14.2 Å². The lowest BCUT2D eigenvalue weighted by Crippen LogP contribution is -2.02. The second kappa shape index (κ2) is 5.28. The van der Waals surface area contributed by atoms with Gasteiger partial charge in [-0.3, -0.25) is 0 Å². The number of hydrogen-bond acceptors (Lipinski definition) is 5. The van der Waals surface area contributed by atoms with Crippen molar-refractivity contribution in [3.63, 3.8) is 0 Å². The molecule has 0 saturated heterocycles. The van der Waals surface area contributed by atoms with Gasteiger partial charge in [0.05, 0.1) is 4.34 Å². The molecule has 1 aromatic heterocycles. The van der Waals surface area contributed by atoms with Crippen LogP contribution in [0.2, 0.25) is 4.34 Å². The Morgan fingerprint density at radius 3 is 2.74 bits per heavy atom. The van der Waals surface area contributed by atoms with Gasteiger partial charge in [0.25, 0.3) is 0 Å². The van der Waals surface area contributed by atoms with Crippen LogP contribution >= 0.6 is 22.9 Å². The molecule has 0 radical (unpaired) electrons. The lowest BCUT2D eigenvalue weighted by atomic mass is 10.2. The topological polar surface area (TPSA) is 53.7 Å². The highest BCUT2D eigenvalue weighted by Gasteiger charge is 2.17. The van der Waals surface area contributed by atoms with Crippen LogP contribution in [0.3, 0.4) is 0 Å². The smallest absolute Gasteiger partial charge is 0.231 e. The number of ether oxygens (including phenoxy) is 3. The third-order valence-electron chi connectivity index (χ3n) is 2.77. The Labute approximate surface area is 119 Å². The molecule has 1 aliphatic rings. The molecule has 100 valence electrons. The van der Waals surface area contributed by atoms with Gasteiger partial charge in [-0.05, 0) is 18.2 Å². The van der Waals surface area contributed by atoms with Crippen LogP contribution in [-0.2, 0) is 13.2 Å². The lowest BCUT2D eigenvalue weighted by Gasteiger charge is -2.10. The van der Waals surface area contributed by atoms with Crippen LogP contribution in [0.4, 0.5) is 0 Å². The first-order valence-electron chi connectivity index (χ1n) is 5.76. The molecule has 2 heterocycles. The number of rotatable bonds is 4. The van der Waals surface area contributed by atoms with Crippen molar-refractivity contribution in [3.05, 3.63) is 39.0 Å². The van der Waals surface area contributed by atoms with Gasteiger partial charge >= 0.3 is 0 Å². The van der Waals surface area contributed by atoms with E-state index in [-0.39, 0.29) is 6.79 Å². The van der Waals surface area contributed by atoms with Gasteiger partial charge in [-0.15, -0.1) is 11.3 Å². The van der Waals surface area contributed by atoms with Crippen molar-refractivity contribution >= 4 is 22.9 Å². The fourth-order valence-corrected chi connectivity index (χ4v) is 2.84. The minimum absolute atomic E-state index is 0.239. The molecule has 0 unspecified atom stereocenters. The Balaban J connectivity index is 1.80. The van der Waals surface area contributed by atoms with E-state index in [0.717, 1.165) is 20.5 Å². The predicted molar refractivity (Wildman–Crippen MR) is 74.1 cm³/mol. The molecule has 4 nitrogen and oxygen atoms in total. The molecule has 19 heavy (non-hydrogen) atoms. The molecule has 0 spiro atoms. The molecular formula is C13H12ClNO3S. The zero-order valence-electron chi connectivity index (χ0n) is 10.0. The summed E-state index contributed by atoms with van der Waals surface area (Å²) in [6.45, 7) is 1.09. The van der Waals surface area contributed by atoms with Crippen LogP contribution in [0.25, 0.3) is 0 Å². The Bertz CT molecular complexity index is 600. The minimum atomic E-state index is 0.239. The SMILES string of the molecule is NCc1cc2c(cc1OCc1ccc(Cl)s1)OCO2. The molecule has 0 aliphatic carbocycles. The second-order valence-electron chi connectivity index (χ2n) is 4.01. The number of halogens is 1. The molecule has 3 rings (SSSR count). The zero-order valence-corrected chi connectivity index (χ0v) is 11.6. The fraction of sp³-hybridized carbons (Fsp3) is 0.231. The molecule has 0 amide bonds. The third-order valence-corrected chi connectivity index (χ3v) is 3.98. The van der Waals surface area contributed by atoms with Crippen molar-refractivity contribution in [3.8, 4) is 17.2 Å². The predicted octanol–water partition coefficient (Wildman–Crippen LogP) is 3.17. The molecule has 0 saturated carbocycles. The minimum Gasteiger partial charge on any atom is -0.488 e. The van der Waals surface area contributed by atoms with Crippen LogP contribution in [0.15, 0.2) is 24.3 Å². The van der Waals surface area contributed by atoms with Gasteiger partial charge in [0, 0.05) is 23.1 Å². The van der Waals surface area contributed by atoms with Gasteiger partial charge in [0.2, 0.25) is 6.79 Å². The Morgan fingerprint density at radius 1 is 1.26 bits per heavy atom. The molecule has 2 N–H and O–H groups in total. The molecule has 1 aromatic carbocycles. The van der Waals surface area contributed by atoms with Crippen LogP contribution in [0.5, 0.6) is 17.2 Å². The Hall–Kier alpha value is -1.43. The van der Waals surface area contributed by atoms with E-state index in [2.05, 4.69) is 0 Å². The monoisotopic (exact) mass is 297 g/mol. The van der Waals surface area contributed by atoms with E-state index in [1.54, 1.807) is 0 Å². The van der Waals surface area contributed by atoms with E-state index < -0.39 is 0 Å². The molecule has 2 aromatic rings. The van der Waals surface area contributed by atoms with Crippen molar-refractivity contribution in [2.75, 3.05) is 6.79 Å². The number of nitrogens with two attached hydrogens (primary N) is 1. The van der Waals surface area contributed by atoms with Crippen LogP contribution in [0, 0.1) is 0 Å². The highest BCUT2D eigenvalue weighted by Crippen LogP contribution is 2.38. The highest BCUT2D eigenvalue weighted by atomic mass is 35.5. The van der Waals surface area contributed by atoms with E-state index in [4.69, 9.17) is 31.5 Å². The standard InChI is InChI=1S/C13H12ClNO3S/c14-13-2-1-9(19-13)6-16-10-4-12-11(17-7-18-12)3-8(10)5-15/h1-4H,5-7,15H2. The first-order chi connectivity index (χ1) is 9.26. The summed E-state index contributed by atoms with van der Waals surface area (Å²) < 4.78 is 17.2. The highest BCUT2D eigenvalue weighted by molar-refractivity contribution is 7.16. The average molecular weight is 298 g/mol. The van der Waals surface area contributed by atoms with Gasteiger partial charge in [-0.1, -0.05) is 11.6 Å². The van der Waals surface area contributed by atoms with Crippen LogP contribution in [-0.4, -0.2) is 6.79 Å². The van der Waals surface area contributed by atoms with Gasteiger partial charge in [-0.25, -0.2) is 0 Å². The van der Waals surface area contributed by atoms with Crippen molar-refractivity contribution in [2.24, 2.45) is 5.73 Å². The zero-order chi connectivity index (χ0) is 13.2. The van der Waals surface area contributed by atoms with E-state index in [1.165, 1.54) is 11.3 Å². The maximum absolute atomic E-state index is 5.88. The maximum atomic E-state index is 5.88. The van der Waals surface area contributed by atoms with Gasteiger partial charge in [0.15, 0.2) is 11.5 Å². The van der Waals surface area contributed by atoms with E-state index in [0.29, 0.717) is 24.7 Å². The molecule has 0 fully saturated rings. The van der Waals surface area contributed by atoms with Crippen LogP contribution in [0.1, 0.15) is 10.4 Å². The molecule has 6 heteroatoms. The van der Waals surface area contributed by atoms with Crippen molar-refractivity contribution in [2.45, 2.75) is 13.2 Å². The van der Waals surface area contributed by atoms with Crippen LogP contribution < -0.4 is 19.9 Å². The number of benzene rings is 1. The van der Waals surface area contributed by atoms with Gasteiger partial charge < -0.3 is 19.9 Å². The van der Waals surface area contributed by atoms with Crippen molar-refractivity contribution in [1.29, 1.82) is 0 Å². The summed E-state index contributed by atoms with van der Waals surface area (Å²) in [5.41, 5.74) is 6.62. The lowest BCUT2D eigenvalue weighted by molar-refractivity contribution is 0.173. The summed E-state index contributed by atoms with van der Waals surface area (Å²) in [5, 5.41) is 0. The van der Waals surface area contributed by atoms with Gasteiger partial charge in [0.1, 0.15) is 12.4 Å². The Kier molecular flexibility index (Phi) is 3.50. The fourth-order valence-electron chi connectivity index (χ4n) is 1.84. The van der Waals surface area contributed by atoms with E-state index >= 15 is 0 Å². The first-order valence-corrected chi connectivity index (χ1v) is 6.95. The summed E-state index contributed by atoms with van der Waals surface area (Å²) in [6.07, 6.45) is 0. The average Bonchev–Trinajstić information content (AvgIpc) is 3.03.